The minimum Gasteiger partial charge on any atom is -0.496 e. The zero-order chi connectivity index (χ0) is 29.5. The predicted octanol–water partition coefficient (Wildman–Crippen LogP) is 2.86. The van der Waals surface area contributed by atoms with Crippen LogP contribution in [-0.4, -0.2) is 87.3 Å². The number of hydrogen-bond donors (Lipinski definition) is 4. The number of aliphatic hydroxyl groups is 1. The van der Waals surface area contributed by atoms with Gasteiger partial charge in [-0.05, 0) is 36.2 Å². The van der Waals surface area contributed by atoms with Gasteiger partial charge >= 0.3 is 0 Å². The number of piperazine rings is 1. The quantitative estimate of drug-likeness (QED) is 0.174. The molecule has 0 amide bonds. The molecule has 1 saturated heterocycles. The first-order valence-electron chi connectivity index (χ1n) is 14.5. The van der Waals surface area contributed by atoms with Gasteiger partial charge in [-0.15, -0.1) is 0 Å². The second-order valence-corrected chi connectivity index (χ2v) is 10.6. The van der Waals surface area contributed by atoms with E-state index in [1.165, 1.54) is 5.56 Å². The van der Waals surface area contributed by atoms with Crippen molar-refractivity contribution in [1.29, 1.82) is 0 Å². The first-order valence-corrected chi connectivity index (χ1v) is 14.5. The lowest BCUT2D eigenvalue weighted by molar-refractivity contribution is 0.108. The number of fused-ring (bicyclic) bond motifs is 1. The molecule has 12 heteroatoms. The predicted molar refractivity (Wildman–Crippen MR) is 164 cm³/mol. The summed E-state index contributed by atoms with van der Waals surface area (Å²) in [4.78, 5) is 13.5. The Morgan fingerprint density at radius 1 is 1.00 bits per heavy atom. The summed E-state index contributed by atoms with van der Waals surface area (Å²) in [5.74, 6) is 2.84. The first kappa shape index (κ1) is 29.5. The summed E-state index contributed by atoms with van der Waals surface area (Å²) in [5.41, 5.74) is 15.7. The molecule has 0 radical (unpaired) electrons. The van der Waals surface area contributed by atoms with Crippen molar-refractivity contribution in [1.82, 2.24) is 29.5 Å². The lowest BCUT2D eigenvalue weighted by atomic mass is 10.1. The number of nitrogens with two attached hydrogens (primary N) is 2. The molecule has 2 aromatic heterocycles. The van der Waals surface area contributed by atoms with Crippen molar-refractivity contribution in [3.05, 3.63) is 59.8 Å². The number of nitrogen functional groups attached to an aromatic ring is 1. The van der Waals surface area contributed by atoms with E-state index in [2.05, 4.69) is 49.2 Å². The van der Waals surface area contributed by atoms with Gasteiger partial charge in [-0.2, -0.15) is 10.1 Å². The summed E-state index contributed by atoms with van der Waals surface area (Å²) in [6.07, 6.45) is 3.15. The van der Waals surface area contributed by atoms with Gasteiger partial charge in [0, 0.05) is 50.9 Å². The number of hydrogen-bond acceptors (Lipinski definition) is 11. The highest BCUT2D eigenvalue weighted by atomic mass is 16.5. The van der Waals surface area contributed by atoms with Crippen molar-refractivity contribution >= 4 is 22.8 Å². The summed E-state index contributed by atoms with van der Waals surface area (Å²) in [7, 11) is 1.64. The fraction of sp³-hybridized carbons (Fsp3) is 0.433. The number of aliphatic hydroxyl groups excluding tert-OH is 1. The molecule has 1 aliphatic rings. The minimum atomic E-state index is -0.260. The summed E-state index contributed by atoms with van der Waals surface area (Å²) >= 11 is 0. The highest BCUT2D eigenvalue weighted by Gasteiger charge is 2.18. The number of β-amino-alcohol motifs (C(OH)–C–C–N with tert-alkyl or cyclic N) is 1. The van der Waals surface area contributed by atoms with Crippen molar-refractivity contribution in [3.8, 4) is 17.2 Å². The average Bonchev–Trinajstić information content (AvgIpc) is 3.38. The summed E-state index contributed by atoms with van der Waals surface area (Å²) in [6.45, 7) is 8.37. The van der Waals surface area contributed by atoms with Gasteiger partial charge in [-0.1, -0.05) is 25.5 Å². The number of aromatic nitrogens is 4. The topological polar surface area (TPSA) is 153 Å². The van der Waals surface area contributed by atoms with Gasteiger partial charge in [0.25, 0.3) is 0 Å². The standard InChI is InChI=1S/C30H41N9O3/c1-3-4-27(31)35-29-28-25(34-30(32)36-29)18-33-39(28)20-22-7-10-24(17-26(22)41-2)42-23-8-5-21(6-9-23)19-38-13-11-37(12-14-38)15-16-40/h5-10,17-18,27,40H,3-4,11-16,19-20,31H2,1-2H3,(H3,32,34,35,36). The van der Waals surface area contributed by atoms with E-state index in [0.717, 1.165) is 68.9 Å². The lowest BCUT2D eigenvalue weighted by Crippen LogP contribution is -2.46. The van der Waals surface area contributed by atoms with Crippen LogP contribution in [-0.2, 0) is 13.1 Å². The molecule has 1 unspecified atom stereocenters. The minimum absolute atomic E-state index is 0.164. The second kappa shape index (κ2) is 13.8. The number of benzene rings is 2. The van der Waals surface area contributed by atoms with Crippen LogP contribution < -0.4 is 26.3 Å². The monoisotopic (exact) mass is 575 g/mol. The van der Waals surface area contributed by atoms with Crippen LogP contribution in [0.1, 0.15) is 30.9 Å². The van der Waals surface area contributed by atoms with Crippen LogP contribution in [0.2, 0.25) is 0 Å². The van der Waals surface area contributed by atoms with Crippen LogP contribution in [0.15, 0.2) is 48.7 Å². The van der Waals surface area contributed by atoms with Gasteiger partial charge < -0.3 is 31.4 Å². The highest BCUT2D eigenvalue weighted by Crippen LogP contribution is 2.31. The Morgan fingerprint density at radius 3 is 2.45 bits per heavy atom. The third-order valence-corrected chi connectivity index (χ3v) is 7.45. The van der Waals surface area contributed by atoms with Crippen molar-refractivity contribution in [2.75, 3.05) is 57.5 Å². The number of nitrogens with one attached hydrogen (secondary N) is 1. The molecule has 0 spiro atoms. The number of rotatable bonds is 13. The fourth-order valence-electron chi connectivity index (χ4n) is 5.25. The van der Waals surface area contributed by atoms with Gasteiger partial charge in [0.15, 0.2) is 5.82 Å². The normalized spacial score (nSPS) is 15.1. The third-order valence-electron chi connectivity index (χ3n) is 7.45. The smallest absolute Gasteiger partial charge is 0.222 e. The van der Waals surface area contributed by atoms with Crippen molar-refractivity contribution in [3.63, 3.8) is 0 Å². The summed E-state index contributed by atoms with van der Waals surface area (Å²) < 4.78 is 13.7. The Balaban J connectivity index is 1.25. The van der Waals surface area contributed by atoms with Gasteiger partial charge in [-0.3, -0.25) is 14.5 Å². The average molecular weight is 576 g/mol. The molecule has 2 aromatic carbocycles. The molecule has 0 saturated carbocycles. The third kappa shape index (κ3) is 7.26. The maximum absolute atomic E-state index is 9.14. The Bertz CT molecular complexity index is 1450. The molecule has 3 heterocycles. The maximum atomic E-state index is 9.14. The lowest BCUT2D eigenvalue weighted by Gasteiger charge is -2.34. The molecule has 12 nitrogen and oxygen atoms in total. The van der Waals surface area contributed by atoms with Crippen molar-refractivity contribution in [2.24, 2.45) is 5.73 Å². The van der Waals surface area contributed by atoms with Crippen molar-refractivity contribution in [2.45, 2.75) is 39.0 Å². The zero-order valence-electron chi connectivity index (χ0n) is 24.4. The van der Waals surface area contributed by atoms with Gasteiger partial charge in [-0.25, -0.2) is 4.98 Å². The highest BCUT2D eigenvalue weighted by molar-refractivity contribution is 5.86. The van der Waals surface area contributed by atoms with Crippen LogP contribution in [0.25, 0.3) is 11.0 Å². The van der Waals surface area contributed by atoms with Gasteiger partial charge in [0.2, 0.25) is 5.95 Å². The number of anilines is 2. The SMILES string of the molecule is CCCC(N)Nc1nc(N)nc2cnn(Cc3ccc(Oc4ccc(CN5CCN(CCO)CC5)cc4)cc3OC)c12. The molecule has 6 N–H and O–H groups in total. The Kier molecular flexibility index (Phi) is 9.70. The fourth-order valence-corrected chi connectivity index (χ4v) is 5.25. The van der Waals surface area contributed by atoms with E-state index in [1.807, 2.05) is 35.0 Å². The summed E-state index contributed by atoms with van der Waals surface area (Å²) in [6, 6.07) is 14.0. The molecular weight excluding hydrogens is 534 g/mol. The molecular formula is C30H41N9O3. The van der Waals surface area contributed by atoms with E-state index in [0.29, 0.717) is 29.4 Å². The van der Waals surface area contributed by atoms with E-state index in [1.54, 1.807) is 13.3 Å². The molecule has 1 aliphatic heterocycles. The molecule has 42 heavy (non-hydrogen) atoms. The van der Waals surface area contributed by atoms with Crippen LogP contribution in [0.4, 0.5) is 11.8 Å². The van der Waals surface area contributed by atoms with E-state index in [4.69, 9.17) is 26.0 Å². The number of nitrogens with zero attached hydrogens (tertiary/aromatic N) is 6. The number of ether oxygens (including phenoxy) is 2. The van der Waals surface area contributed by atoms with Crippen LogP contribution in [0, 0.1) is 0 Å². The molecule has 224 valence electrons. The van der Waals surface area contributed by atoms with Crippen LogP contribution in [0.5, 0.6) is 17.2 Å². The Labute approximate surface area is 246 Å². The molecule has 1 fully saturated rings. The van der Waals surface area contributed by atoms with Crippen molar-refractivity contribution < 1.29 is 14.6 Å². The summed E-state index contributed by atoms with van der Waals surface area (Å²) in [5, 5.41) is 17.0. The molecule has 5 rings (SSSR count). The van der Waals surface area contributed by atoms with Gasteiger partial charge in [0.05, 0.1) is 32.6 Å². The van der Waals surface area contributed by atoms with E-state index >= 15 is 0 Å². The van der Waals surface area contributed by atoms with E-state index < -0.39 is 0 Å². The van der Waals surface area contributed by atoms with Crippen LogP contribution >= 0.6 is 0 Å². The first-order chi connectivity index (χ1) is 20.4. The van der Waals surface area contributed by atoms with E-state index in [9.17, 15) is 0 Å². The second-order valence-electron chi connectivity index (χ2n) is 10.6. The molecule has 0 aliphatic carbocycles. The van der Waals surface area contributed by atoms with E-state index in [-0.39, 0.29) is 18.7 Å². The molecule has 0 bridgehead atoms. The Hall–Kier alpha value is -3.97. The molecule has 1 atom stereocenters. The van der Waals surface area contributed by atoms with Gasteiger partial charge in [0.1, 0.15) is 28.3 Å². The zero-order valence-corrected chi connectivity index (χ0v) is 24.4. The maximum Gasteiger partial charge on any atom is 0.222 e. The molecule has 4 aromatic rings. The largest absolute Gasteiger partial charge is 0.496 e. The van der Waals surface area contributed by atoms with Crippen LogP contribution in [0.3, 0.4) is 0 Å². The Morgan fingerprint density at radius 2 is 1.74 bits per heavy atom. The number of methoxy groups -OCH3 is 1.